The van der Waals surface area contributed by atoms with Crippen molar-refractivity contribution in [3.05, 3.63) is 58.6 Å². The zero-order chi connectivity index (χ0) is 15.2. The summed E-state index contributed by atoms with van der Waals surface area (Å²) >= 11 is 4.62. The summed E-state index contributed by atoms with van der Waals surface area (Å²) in [7, 11) is 0. The first-order valence-corrected chi connectivity index (χ1v) is 7.84. The van der Waals surface area contributed by atoms with Gasteiger partial charge in [-0.25, -0.2) is 4.79 Å². The van der Waals surface area contributed by atoms with Crippen molar-refractivity contribution in [1.82, 2.24) is 0 Å². The van der Waals surface area contributed by atoms with Crippen LogP contribution in [-0.2, 0) is 4.79 Å². The molecule has 21 heavy (non-hydrogen) atoms. The van der Waals surface area contributed by atoms with E-state index < -0.39 is 5.97 Å². The minimum Gasteiger partial charge on any atom is -0.478 e. The summed E-state index contributed by atoms with van der Waals surface area (Å²) < 4.78 is 0.945. The van der Waals surface area contributed by atoms with Crippen LogP contribution in [0.25, 0.3) is 0 Å². The fourth-order valence-corrected chi connectivity index (χ4v) is 2.62. The van der Waals surface area contributed by atoms with Crippen LogP contribution >= 0.6 is 27.7 Å². The van der Waals surface area contributed by atoms with Gasteiger partial charge < -0.3 is 10.4 Å². The van der Waals surface area contributed by atoms with Crippen LogP contribution in [0.4, 0.5) is 5.69 Å². The third-order valence-corrected chi connectivity index (χ3v) is 4.10. The van der Waals surface area contributed by atoms with Gasteiger partial charge in [0.25, 0.3) is 0 Å². The monoisotopic (exact) mass is 365 g/mol. The molecule has 0 aliphatic rings. The van der Waals surface area contributed by atoms with Gasteiger partial charge in [0, 0.05) is 15.1 Å². The standard InChI is InChI=1S/C15H12BrNO3S/c16-11-4-6-12(7-5-11)17-14(18)9-21-13-3-1-2-10(8-13)15(19)20/h1-8H,9H2,(H,17,18)(H,19,20). The van der Waals surface area contributed by atoms with Crippen molar-refractivity contribution in [2.75, 3.05) is 11.1 Å². The predicted octanol–water partition coefficient (Wildman–Crippen LogP) is 3.88. The number of aromatic carboxylic acids is 1. The summed E-state index contributed by atoms with van der Waals surface area (Å²) in [6.07, 6.45) is 0. The van der Waals surface area contributed by atoms with Crippen LogP contribution in [0.1, 0.15) is 10.4 Å². The first-order chi connectivity index (χ1) is 10.0. The number of carboxylic acids is 1. The second-order valence-corrected chi connectivity index (χ2v) is 6.14. The topological polar surface area (TPSA) is 66.4 Å². The Morgan fingerprint density at radius 2 is 1.86 bits per heavy atom. The molecule has 0 spiro atoms. The van der Waals surface area contributed by atoms with Crippen LogP contribution in [-0.4, -0.2) is 22.7 Å². The Morgan fingerprint density at radius 1 is 1.14 bits per heavy atom. The van der Waals surface area contributed by atoms with E-state index in [1.807, 2.05) is 12.1 Å². The number of nitrogens with one attached hydrogen (secondary N) is 1. The van der Waals surface area contributed by atoms with Gasteiger partial charge in [0.05, 0.1) is 11.3 Å². The molecule has 0 saturated heterocycles. The average Bonchev–Trinajstić information content (AvgIpc) is 2.48. The summed E-state index contributed by atoms with van der Waals surface area (Å²) in [5, 5.41) is 11.7. The Hall–Kier alpha value is -1.79. The van der Waals surface area contributed by atoms with E-state index in [-0.39, 0.29) is 17.2 Å². The molecule has 4 nitrogen and oxygen atoms in total. The highest BCUT2D eigenvalue weighted by Crippen LogP contribution is 2.20. The molecule has 1 amide bonds. The molecule has 0 unspecified atom stereocenters. The van der Waals surface area contributed by atoms with E-state index in [4.69, 9.17) is 5.11 Å². The minimum atomic E-state index is -0.975. The SMILES string of the molecule is O=C(CSc1cccc(C(=O)O)c1)Nc1ccc(Br)cc1. The van der Waals surface area contributed by atoms with Crippen LogP contribution in [0.3, 0.4) is 0 Å². The zero-order valence-corrected chi connectivity index (χ0v) is 13.3. The predicted molar refractivity (Wildman–Crippen MR) is 86.9 cm³/mol. The Morgan fingerprint density at radius 3 is 2.52 bits per heavy atom. The number of amides is 1. The first kappa shape index (κ1) is 15.6. The van der Waals surface area contributed by atoms with E-state index in [0.29, 0.717) is 0 Å². The fraction of sp³-hybridized carbons (Fsp3) is 0.0667. The molecule has 0 aliphatic heterocycles. The molecule has 6 heteroatoms. The van der Waals surface area contributed by atoms with Crippen molar-refractivity contribution >= 4 is 45.3 Å². The van der Waals surface area contributed by atoms with E-state index in [0.717, 1.165) is 15.1 Å². The Labute approximate surface area is 134 Å². The van der Waals surface area contributed by atoms with E-state index in [9.17, 15) is 9.59 Å². The van der Waals surface area contributed by atoms with Crippen LogP contribution in [0.15, 0.2) is 57.9 Å². The second-order valence-electron chi connectivity index (χ2n) is 4.18. The summed E-state index contributed by atoms with van der Waals surface area (Å²) in [4.78, 5) is 23.4. The summed E-state index contributed by atoms with van der Waals surface area (Å²) in [6, 6.07) is 13.8. The molecule has 108 valence electrons. The van der Waals surface area contributed by atoms with Crippen molar-refractivity contribution in [2.24, 2.45) is 0 Å². The highest BCUT2D eigenvalue weighted by Gasteiger charge is 2.06. The third-order valence-electron chi connectivity index (χ3n) is 2.58. The quantitative estimate of drug-likeness (QED) is 0.789. The van der Waals surface area contributed by atoms with Gasteiger partial charge in [0.1, 0.15) is 0 Å². The molecule has 0 heterocycles. The van der Waals surface area contributed by atoms with E-state index in [1.54, 1.807) is 30.3 Å². The van der Waals surface area contributed by atoms with E-state index in [2.05, 4.69) is 21.2 Å². The maximum absolute atomic E-state index is 11.8. The summed E-state index contributed by atoms with van der Waals surface area (Å²) in [5.41, 5.74) is 0.941. The molecule has 0 atom stereocenters. The van der Waals surface area contributed by atoms with Gasteiger partial charge in [-0.3, -0.25) is 4.79 Å². The number of benzene rings is 2. The normalized spacial score (nSPS) is 10.1. The molecule has 0 bridgehead atoms. The number of carbonyl (C=O) groups is 2. The number of carboxylic acid groups (broad SMARTS) is 1. The van der Waals surface area contributed by atoms with Crippen LogP contribution in [0.5, 0.6) is 0 Å². The molecule has 2 aromatic carbocycles. The van der Waals surface area contributed by atoms with Crippen molar-refractivity contribution < 1.29 is 14.7 Å². The molecule has 0 radical (unpaired) electrons. The number of anilines is 1. The van der Waals surface area contributed by atoms with Gasteiger partial charge in [0.15, 0.2) is 0 Å². The van der Waals surface area contributed by atoms with Gasteiger partial charge in [0.2, 0.25) is 5.91 Å². The average molecular weight is 366 g/mol. The van der Waals surface area contributed by atoms with Gasteiger partial charge in [-0.05, 0) is 42.5 Å². The number of hydrogen-bond acceptors (Lipinski definition) is 3. The molecule has 0 aromatic heterocycles. The minimum absolute atomic E-state index is 0.136. The summed E-state index contributed by atoms with van der Waals surface area (Å²) in [5.74, 6) is -0.890. The van der Waals surface area contributed by atoms with Crippen molar-refractivity contribution in [1.29, 1.82) is 0 Å². The van der Waals surface area contributed by atoms with Crippen LogP contribution in [0, 0.1) is 0 Å². The number of halogens is 1. The summed E-state index contributed by atoms with van der Waals surface area (Å²) in [6.45, 7) is 0. The van der Waals surface area contributed by atoms with Gasteiger partial charge in [-0.1, -0.05) is 22.0 Å². The molecule has 0 fully saturated rings. The number of hydrogen-bond donors (Lipinski definition) is 2. The van der Waals surface area contributed by atoms with Crippen molar-refractivity contribution in [3.8, 4) is 0 Å². The van der Waals surface area contributed by atoms with Crippen molar-refractivity contribution in [3.63, 3.8) is 0 Å². The van der Waals surface area contributed by atoms with Crippen LogP contribution in [0.2, 0.25) is 0 Å². The zero-order valence-electron chi connectivity index (χ0n) is 10.9. The molecule has 2 N–H and O–H groups in total. The molecular weight excluding hydrogens is 354 g/mol. The largest absolute Gasteiger partial charge is 0.478 e. The highest BCUT2D eigenvalue weighted by atomic mass is 79.9. The molecular formula is C15H12BrNO3S. The molecule has 0 aliphatic carbocycles. The number of rotatable bonds is 5. The lowest BCUT2D eigenvalue weighted by Crippen LogP contribution is -2.13. The Balaban J connectivity index is 1.90. The lowest BCUT2D eigenvalue weighted by atomic mass is 10.2. The van der Waals surface area contributed by atoms with Crippen LogP contribution < -0.4 is 5.32 Å². The van der Waals surface area contributed by atoms with Gasteiger partial charge in [-0.15, -0.1) is 11.8 Å². The lowest BCUT2D eigenvalue weighted by Gasteiger charge is -2.06. The Bertz CT molecular complexity index is 658. The fourth-order valence-electron chi connectivity index (χ4n) is 1.60. The number of thioether (sulfide) groups is 1. The van der Waals surface area contributed by atoms with Gasteiger partial charge in [-0.2, -0.15) is 0 Å². The van der Waals surface area contributed by atoms with Gasteiger partial charge >= 0.3 is 5.97 Å². The van der Waals surface area contributed by atoms with E-state index >= 15 is 0 Å². The number of carbonyl (C=O) groups excluding carboxylic acids is 1. The van der Waals surface area contributed by atoms with Crippen molar-refractivity contribution in [2.45, 2.75) is 4.90 Å². The first-order valence-electron chi connectivity index (χ1n) is 6.06. The maximum Gasteiger partial charge on any atom is 0.335 e. The molecule has 2 rings (SSSR count). The third kappa shape index (κ3) is 4.91. The van der Waals surface area contributed by atoms with E-state index in [1.165, 1.54) is 17.8 Å². The smallest absolute Gasteiger partial charge is 0.335 e. The maximum atomic E-state index is 11.8. The molecule has 2 aromatic rings. The molecule has 0 saturated carbocycles. The second kappa shape index (κ2) is 7.28. The highest BCUT2D eigenvalue weighted by molar-refractivity contribution is 9.10. The Kier molecular flexibility index (Phi) is 5.41. The lowest BCUT2D eigenvalue weighted by molar-refractivity contribution is -0.113.